The van der Waals surface area contributed by atoms with E-state index in [1.165, 1.54) is 32.4 Å². The number of piperidine rings is 1. The first-order chi connectivity index (χ1) is 13.3. The van der Waals surface area contributed by atoms with E-state index in [-0.39, 0.29) is 5.78 Å². The van der Waals surface area contributed by atoms with Gasteiger partial charge in [0.25, 0.3) is 0 Å². The summed E-state index contributed by atoms with van der Waals surface area (Å²) in [6, 6.07) is 17.7. The average Bonchev–Trinajstić information content (AvgIpc) is 2.73. The van der Waals surface area contributed by atoms with Crippen molar-refractivity contribution >= 4 is 17.9 Å². The molecule has 1 fully saturated rings. The summed E-state index contributed by atoms with van der Waals surface area (Å²) < 4.78 is 5.89. The maximum atomic E-state index is 12.0. The van der Waals surface area contributed by atoms with E-state index in [0.717, 1.165) is 23.4 Å². The minimum atomic E-state index is -0.0322. The van der Waals surface area contributed by atoms with Crippen molar-refractivity contribution in [3.8, 4) is 5.75 Å². The van der Waals surface area contributed by atoms with Gasteiger partial charge in [-0.05, 0) is 61.3 Å². The van der Waals surface area contributed by atoms with Gasteiger partial charge in [0.2, 0.25) is 0 Å². The molecule has 0 aromatic heterocycles. The lowest BCUT2D eigenvalue weighted by atomic mass is 10.1. The molecule has 0 atom stereocenters. The van der Waals surface area contributed by atoms with Crippen LogP contribution in [0.4, 0.5) is 0 Å². The monoisotopic (exact) mass is 361 g/mol. The smallest absolute Gasteiger partial charge is 0.178 e. The molecule has 0 radical (unpaired) electrons. The summed E-state index contributed by atoms with van der Waals surface area (Å²) in [4.78, 5) is 14.5. The van der Waals surface area contributed by atoms with E-state index in [0.29, 0.717) is 6.61 Å². The number of nitrogens with zero attached hydrogens (tertiary/aromatic N) is 1. The molecule has 1 saturated heterocycles. The SMILES string of the molecule is O=C(/C=C/c1ccccc1)/C=C/c1cccc(OCCN2CCCCC2)c1. The molecular weight excluding hydrogens is 334 g/mol. The van der Waals surface area contributed by atoms with Gasteiger partial charge in [-0.3, -0.25) is 9.69 Å². The summed E-state index contributed by atoms with van der Waals surface area (Å²) in [7, 11) is 0. The molecule has 1 aliphatic heterocycles. The van der Waals surface area contributed by atoms with Gasteiger partial charge in [0, 0.05) is 6.54 Å². The molecular formula is C24H27NO2. The topological polar surface area (TPSA) is 29.5 Å². The number of rotatable bonds is 8. The molecule has 0 saturated carbocycles. The molecule has 0 amide bonds. The lowest BCUT2D eigenvalue weighted by Crippen LogP contribution is -2.33. The normalized spacial score (nSPS) is 15.4. The lowest BCUT2D eigenvalue weighted by Gasteiger charge is -2.26. The van der Waals surface area contributed by atoms with Gasteiger partial charge in [-0.25, -0.2) is 0 Å². The van der Waals surface area contributed by atoms with E-state index in [1.54, 1.807) is 12.2 Å². The third-order valence-corrected chi connectivity index (χ3v) is 4.66. The molecule has 0 bridgehead atoms. The molecule has 1 heterocycles. The van der Waals surface area contributed by atoms with Gasteiger partial charge in [-0.1, -0.05) is 61.0 Å². The Kier molecular flexibility index (Phi) is 7.43. The molecule has 3 rings (SSSR count). The number of hydrogen-bond donors (Lipinski definition) is 0. The molecule has 0 unspecified atom stereocenters. The molecule has 0 spiro atoms. The minimum absolute atomic E-state index is 0.0322. The third-order valence-electron chi connectivity index (χ3n) is 4.66. The van der Waals surface area contributed by atoms with Crippen LogP contribution >= 0.6 is 0 Å². The Morgan fingerprint density at radius 3 is 2.37 bits per heavy atom. The number of benzene rings is 2. The second-order valence-electron chi connectivity index (χ2n) is 6.80. The zero-order chi connectivity index (χ0) is 18.7. The Hall–Kier alpha value is -2.65. The van der Waals surface area contributed by atoms with E-state index < -0.39 is 0 Å². The largest absolute Gasteiger partial charge is 0.492 e. The Bertz CT molecular complexity index is 774. The van der Waals surface area contributed by atoms with Crippen LogP contribution in [0.15, 0.2) is 66.7 Å². The third kappa shape index (κ3) is 6.87. The van der Waals surface area contributed by atoms with Crippen molar-refractivity contribution in [1.29, 1.82) is 0 Å². The fraction of sp³-hybridized carbons (Fsp3) is 0.292. The number of carbonyl (C=O) groups excluding carboxylic acids is 1. The van der Waals surface area contributed by atoms with Crippen LogP contribution in [0.3, 0.4) is 0 Å². The maximum absolute atomic E-state index is 12.0. The molecule has 3 nitrogen and oxygen atoms in total. The van der Waals surface area contributed by atoms with Crippen molar-refractivity contribution in [2.75, 3.05) is 26.2 Å². The Balaban J connectivity index is 1.48. The van der Waals surface area contributed by atoms with E-state index in [9.17, 15) is 4.79 Å². The van der Waals surface area contributed by atoms with Gasteiger partial charge >= 0.3 is 0 Å². The van der Waals surface area contributed by atoms with Crippen molar-refractivity contribution in [3.05, 3.63) is 77.9 Å². The van der Waals surface area contributed by atoms with Crippen molar-refractivity contribution in [3.63, 3.8) is 0 Å². The first kappa shape index (κ1) is 19.1. The molecule has 0 aliphatic carbocycles. The minimum Gasteiger partial charge on any atom is -0.492 e. The summed E-state index contributed by atoms with van der Waals surface area (Å²) in [5, 5.41) is 0. The van der Waals surface area contributed by atoms with Crippen LogP contribution in [-0.2, 0) is 4.79 Å². The molecule has 2 aromatic carbocycles. The highest BCUT2D eigenvalue weighted by molar-refractivity contribution is 6.04. The van der Waals surface area contributed by atoms with Gasteiger partial charge in [-0.15, -0.1) is 0 Å². The molecule has 3 heteroatoms. The quantitative estimate of drug-likeness (QED) is 0.630. The first-order valence-corrected chi connectivity index (χ1v) is 9.70. The predicted molar refractivity (Wildman–Crippen MR) is 112 cm³/mol. The zero-order valence-electron chi connectivity index (χ0n) is 15.7. The Morgan fingerprint density at radius 1 is 0.889 bits per heavy atom. The van der Waals surface area contributed by atoms with E-state index >= 15 is 0 Å². The van der Waals surface area contributed by atoms with Crippen molar-refractivity contribution in [1.82, 2.24) is 4.90 Å². The number of ketones is 1. The van der Waals surface area contributed by atoms with Crippen LogP contribution in [0.5, 0.6) is 5.75 Å². The predicted octanol–water partition coefficient (Wildman–Crippen LogP) is 4.85. The van der Waals surface area contributed by atoms with Crippen molar-refractivity contribution < 1.29 is 9.53 Å². The van der Waals surface area contributed by atoms with Gasteiger partial charge in [-0.2, -0.15) is 0 Å². The van der Waals surface area contributed by atoms with Crippen LogP contribution in [0.25, 0.3) is 12.2 Å². The first-order valence-electron chi connectivity index (χ1n) is 9.70. The molecule has 140 valence electrons. The standard InChI is InChI=1S/C24H27NO2/c26-23(14-12-21-8-3-1-4-9-21)15-13-22-10-7-11-24(20-22)27-19-18-25-16-5-2-6-17-25/h1,3-4,7-15,20H,2,5-6,16-19H2/b14-12+,15-13+. The van der Waals surface area contributed by atoms with Crippen LogP contribution in [-0.4, -0.2) is 36.9 Å². The second kappa shape index (κ2) is 10.5. The van der Waals surface area contributed by atoms with Crippen molar-refractivity contribution in [2.45, 2.75) is 19.3 Å². The fourth-order valence-electron chi connectivity index (χ4n) is 3.16. The highest BCUT2D eigenvalue weighted by Gasteiger charge is 2.09. The number of likely N-dealkylation sites (tertiary alicyclic amines) is 1. The van der Waals surface area contributed by atoms with E-state index in [4.69, 9.17) is 4.74 Å². The van der Waals surface area contributed by atoms with Gasteiger partial charge < -0.3 is 4.74 Å². The second-order valence-corrected chi connectivity index (χ2v) is 6.80. The van der Waals surface area contributed by atoms with E-state index in [2.05, 4.69) is 4.90 Å². The lowest BCUT2D eigenvalue weighted by molar-refractivity contribution is -0.110. The summed E-state index contributed by atoms with van der Waals surface area (Å²) in [5.41, 5.74) is 1.98. The summed E-state index contributed by atoms with van der Waals surface area (Å²) in [6.45, 7) is 4.05. The summed E-state index contributed by atoms with van der Waals surface area (Å²) >= 11 is 0. The van der Waals surface area contributed by atoms with Gasteiger partial charge in [0.15, 0.2) is 5.78 Å². The molecule has 1 aliphatic rings. The van der Waals surface area contributed by atoms with Crippen molar-refractivity contribution in [2.24, 2.45) is 0 Å². The highest BCUT2D eigenvalue weighted by atomic mass is 16.5. The van der Waals surface area contributed by atoms with Gasteiger partial charge in [0.1, 0.15) is 12.4 Å². The molecule has 27 heavy (non-hydrogen) atoms. The van der Waals surface area contributed by atoms with Crippen LogP contribution in [0.2, 0.25) is 0 Å². The summed E-state index contributed by atoms with van der Waals surface area (Å²) in [5.74, 6) is 0.816. The van der Waals surface area contributed by atoms with Gasteiger partial charge in [0.05, 0.1) is 0 Å². The Labute approximate surface area is 162 Å². The highest BCUT2D eigenvalue weighted by Crippen LogP contribution is 2.15. The zero-order valence-corrected chi connectivity index (χ0v) is 15.7. The average molecular weight is 361 g/mol. The number of ether oxygens (including phenoxy) is 1. The maximum Gasteiger partial charge on any atom is 0.178 e. The summed E-state index contributed by atoms with van der Waals surface area (Å²) in [6.07, 6.45) is 10.8. The fourth-order valence-corrected chi connectivity index (χ4v) is 3.16. The molecule has 0 N–H and O–H groups in total. The number of carbonyl (C=O) groups is 1. The number of hydrogen-bond acceptors (Lipinski definition) is 3. The van der Waals surface area contributed by atoms with Crippen LogP contribution in [0.1, 0.15) is 30.4 Å². The Morgan fingerprint density at radius 2 is 1.59 bits per heavy atom. The van der Waals surface area contributed by atoms with Crippen LogP contribution < -0.4 is 4.74 Å². The van der Waals surface area contributed by atoms with E-state index in [1.807, 2.05) is 66.7 Å². The van der Waals surface area contributed by atoms with Crippen LogP contribution in [0, 0.1) is 0 Å². The molecule has 2 aromatic rings. The number of allylic oxidation sites excluding steroid dienone is 2.